The Morgan fingerprint density at radius 1 is 0.811 bits per heavy atom. The predicted molar refractivity (Wildman–Crippen MR) is 148 cm³/mol. The van der Waals surface area contributed by atoms with Crippen LogP contribution in [0.4, 0.5) is 10.5 Å². The van der Waals surface area contributed by atoms with Crippen LogP contribution in [-0.2, 0) is 9.59 Å². The minimum atomic E-state index is -1.44. The zero-order chi connectivity index (χ0) is 28.8. The van der Waals surface area contributed by atoms with Gasteiger partial charge in [0.25, 0.3) is 17.9 Å². The second-order valence-corrected chi connectivity index (χ2v) is 5.73. The lowest BCUT2D eigenvalue weighted by Gasteiger charge is -2.21. The molecule has 0 spiro atoms. The van der Waals surface area contributed by atoms with Gasteiger partial charge in [-0.05, 0) is 48.5 Å². The lowest BCUT2D eigenvalue weighted by molar-refractivity contribution is -0.139. The highest BCUT2D eigenvalue weighted by molar-refractivity contribution is 6.18. The molecule has 4 amide bonds. The quantitative estimate of drug-likeness (QED) is 0.214. The molecule has 1 saturated heterocycles. The third-order valence-corrected chi connectivity index (χ3v) is 3.74. The number of aliphatic hydroxyl groups excluding tert-OH is 1. The number of hydrazone groups is 1. The van der Waals surface area contributed by atoms with Gasteiger partial charge in [0.05, 0.1) is 5.69 Å². The van der Waals surface area contributed by atoms with Gasteiger partial charge >= 0.3 is 6.03 Å². The molecule has 11 nitrogen and oxygen atoms in total. The molecule has 0 bridgehead atoms. The number of anilines is 1. The van der Waals surface area contributed by atoms with Gasteiger partial charge in [0.1, 0.15) is 23.6 Å². The maximum atomic E-state index is 11.7. The lowest BCUT2D eigenvalue weighted by Crippen LogP contribution is -2.60. The summed E-state index contributed by atoms with van der Waals surface area (Å²) in [7, 11) is 2.63. The van der Waals surface area contributed by atoms with E-state index in [2.05, 4.69) is 16.8 Å². The third kappa shape index (κ3) is 11.8. The van der Waals surface area contributed by atoms with Gasteiger partial charge in [0.15, 0.2) is 0 Å². The number of ether oxygens (including phenoxy) is 2. The fraction of sp³-hybridized carbons (Fsp3) is 0.346. The molecule has 0 aliphatic carbocycles. The average Bonchev–Trinajstić information content (AvgIpc) is 2.95. The fourth-order valence-electron chi connectivity index (χ4n) is 2.43. The van der Waals surface area contributed by atoms with E-state index in [0.717, 1.165) is 12.8 Å². The number of aliphatic hydroxyl groups is 1. The molecule has 3 rings (SSSR count). The predicted octanol–water partition coefficient (Wildman–Crippen LogP) is 4.36. The van der Waals surface area contributed by atoms with Crippen LogP contribution in [0.2, 0.25) is 0 Å². The number of aliphatic imine (C=N–C) groups is 1. The van der Waals surface area contributed by atoms with Gasteiger partial charge < -0.3 is 14.6 Å². The number of carbonyl (C=O) groups excluding carboxylic acids is 3. The zero-order valence-corrected chi connectivity index (χ0v) is 22.8. The molecule has 11 heteroatoms. The van der Waals surface area contributed by atoms with Crippen molar-refractivity contribution in [2.24, 2.45) is 10.1 Å². The number of nitrogens with zero attached hydrogens (tertiary/aromatic N) is 3. The summed E-state index contributed by atoms with van der Waals surface area (Å²) in [5.74, 6) is -0.273. The number of benzene rings is 2. The number of carbonyl (C=O) groups is 3. The van der Waals surface area contributed by atoms with E-state index in [1.807, 2.05) is 52.2 Å². The summed E-state index contributed by atoms with van der Waals surface area (Å²) < 4.78 is 11.1. The molecule has 0 atom stereocenters. The highest BCUT2D eigenvalue weighted by atomic mass is 16.5. The Morgan fingerprint density at radius 3 is 1.62 bits per heavy atom. The molecule has 0 aromatic heterocycles. The average molecular weight is 518 g/mol. The lowest BCUT2D eigenvalue weighted by atomic mass is 10.2. The molecule has 0 unspecified atom stereocenters. The SMILES string of the molecule is C=NN(C=NC)c1ccc(Oc2ccc(OC3C(=O)NC(=O)NC3=O)cc2)cc1.CC.CC.CC.CO. The number of imide groups is 2. The number of nitrogens with one attached hydrogen (secondary N) is 2. The first kappa shape index (κ1) is 34.9. The Hall–Kier alpha value is -4.25. The monoisotopic (exact) mass is 517 g/mol. The largest absolute Gasteiger partial charge is 0.471 e. The molecule has 0 radical (unpaired) electrons. The molecular formula is C26H39N5O6. The van der Waals surface area contributed by atoms with Gasteiger partial charge in [-0.15, -0.1) is 0 Å². The van der Waals surface area contributed by atoms with E-state index in [-0.39, 0.29) is 5.75 Å². The van der Waals surface area contributed by atoms with Crippen molar-refractivity contribution >= 4 is 36.6 Å². The van der Waals surface area contributed by atoms with Gasteiger partial charge in [0.2, 0.25) is 0 Å². The molecule has 2 aromatic carbocycles. The van der Waals surface area contributed by atoms with Gasteiger partial charge in [-0.25, -0.2) is 9.80 Å². The molecule has 0 saturated carbocycles. The van der Waals surface area contributed by atoms with Crippen LogP contribution >= 0.6 is 0 Å². The molecule has 1 heterocycles. The van der Waals surface area contributed by atoms with E-state index in [9.17, 15) is 14.4 Å². The zero-order valence-electron chi connectivity index (χ0n) is 22.8. The fourth-order valence-corrected chi connectivity index (χ4v) is 2.43. The number of urea groups is 1. The van der Waals surface area contributed by atoms with E-state index < -0.39 is 23.9 Å². The van der Waals surface area contributed by atoms with Crippen LogP contribution in [0.3, 0.4) is 0 Å². The number of hydrogen-bond acceptors (Lipinski definition) is 8. The molecule has 1 aliphatic heterocycles. The molecule has 3 N–H and O–H groups in total. The minimum Gasteiger partial charge on any atom is -0.471 e. The minimum absolute atomic E-state index is 0.267. The number of rotatable bonds is 7. The van der Waals surface area contributed by atoms with Gasteiger partial charge in [-0.1, -0.05) is 41.5 Å². The van der Waals surface area contributed by atoms with Crippen LogP contribution in [0, 0.1) is 0 Å². The normalized spacial score (nSPS) is 11.9. The Labute approximate surface area is 219 Å². The Bertz CT molecular complexity index is 942. The summed E-state index contributed by atoms with van der Waals surface area (Å²) in [6.07, 6.45) is 0.0877. The van der Waals surface area contributed by atoms with Crippen molar-refractivity contribution in [3.63, 3.8) is 0 Å². The number of amides is 4. The molecular weight excluding hydrogens is 478 g/mol. The Kier molecular flexibility index (Phi) is 19.9. The topological polar surface area (TPSA) is 142 Å². The molecule has 1 fully saturated rings. The highest BCUT2D eigenvalue weighted by Crippen LogP contribution is 2.26. The summed E-state index contributed by atoms with van der Waals surface area (Å²) in [4.78, 5) is 38.4. The molecule has 37 heavy (non-hydrogen) atoms. The van der Waals surface area contributed by atoms with Crippen molar-refractivity contribution < 1.29 is 29.0 Å². The summed E-state index contributed by atoms with van der Waals surface area (Å²) >= 11 is 0. The molecule has 1 aliphatic rings. The van der Waals surface area contributed by atoms with E-state index in [4.69, 9.17) is 14.6 Å². The Morgan fingerprint density at radius 2 is 1.22 bits per heavy atom. The summed E-state index contributed by atoms with van der Waals surface area (Å²) in [5.41, 5.74) is 0.768. The first-order valence-corrected chi connectivity index (χ1v) is 11.8. The maximum absolute atomic E-state index is 11.7. The second kappa shape index (κ2) is 21.1. The van der Waals surface area contributed by atoms with Crippen LogP contribution in [-0.4, -0.2) is 56.3 Å². The van der Waals surface area contributed by atoms with Crippen molar-refractivity contribution in [2.45, 2.75) is 47.6 Å². The van der Waals surface area contributed by atoms with Crippen LogP contribution in [0.25, 0.3) is 0 Å². The Balaban J connectivity index is 0. The third-order valence-electron chi connectivity index (χ3n) is 3.74. The van der Waals surface area contributed by atoms with Gasteiger partial charge in [-0.2, -0.15) is 5.10 Å². The van der Waals surface area contributed by atoms with Gasteiger partial charge in [0, 0.05) is 20.9 Å². The van der Waals surface area contributed by atoms with Crippen LogP contribution in [0.1, 0.15) is 41.5 Å². The first-order valence-electron chi connectivity index (χ1n) is 11.8. The second-order valence-electron chi connectivity index (χ2n) is 5.73. The highest BCUT2D eigenvalue weighted by Gasteiger charge is 2.36. The maximum Gasteiger partial charge on any atom is 0.328 e. The van der Waals surface area contributed by atoms with E-state index in [1.54, 1.807) is 55.6 Å². The smallest absolute Gasteiger partial charge is 0.328 e. The first-order chi connectivity index (χ1) is 18.0. The number of barbiturate groups is 1. The van der Waals surface area contributed by atoms with E-state index in [0.29, 0.717) is 11.5 Å². The van der Waals surface area contributed by atoms with E-state index in [1.165, 1.54) is 11.3 Å². The van der Waals surface area contributed by atoms with Crippen molar-refractivity contribution in [3.05, 3.63) is 48.5 Å². The standard InChI is InChI=1S/C19H17N5O5.3C2H6.CH4O/c1-20-11-24(21-2)12-3-5-13(6-4-12)28-14-7-9-15(10-8-14)29-16-17(25)22-19(27)23-18(16)26;4*1-2/h3-11,16H,2H2,1H3,(H2,22,23,25,26,27);3*1-2H3;2H,1H3. The van der Waals surface area contributed by atoms with Gasteiger partial charge in [-0.3, -0.25) is 25.2 Å². The summed E-state index contributed by atoms with van der Waals surface area (Å²) in [5, 5.41) is 16.3. The summed E-state index contributed by atoms with van der Waals surface area (Å²) in [6.45, 7) is 15.5. The summed E-state index contributed by atoms with van der Waals surface area (Å²) in [6, 6.07) is 12.6. The molecule has 2 aromatic rings. The van der Waals surface area contributed by atoms with Crippen LogP contribution < -0.4 is 25.1 Å². The van der Waals surface area contributed by atoms with Crippen molar-refractivity contribution in [3.8, 4) is 17.2 Å². The van der Waals surface area contributed by atoms with Crippen molar-refractivity contribution in [2.75, 3.05) is 19.2 Å². The van der Waals surface area contributed by atoms with Crippen molar-refractivity contribution in [1.29, 1.82) is 0 Å². The number of hydrogen-bond donors (Lipinski definition) is 3. The molecule has 204 valence electrons. The van der Waals surface area contributed by atoms with Crippen molar-refractivity contribution in [1.82, 2.24) is 10.6 Å². The van der Waals surface area contributed by atoms with Crippen LogP contribution in [0.5, 0.6) is 17.2 Å². The van der Waals surface area contributed by atoms with Crippen LogP contribution in [0.15, 0.2) is 58.6 Å². The van der Waals surface area contributed by atoms with E-state index >= 15 is 0 Å².